The topological polar surface area (TPSA) is 42.8 Å². The van der Waals surface area contributed by atoms with Crippen LogP contribution in [-0.2, 0) is 4.74 Å². The number of rotatable bonds is 2. The van der Waals surface area contributed by atoms with Crippen molar-refractivity contribution in [3.63, 3.8) is 0 Å². The van der Waals surface area contributed by atoms with Crippen LogP contribution in [0, 0.1) is 18.6 Å². The molecule has 1 N–H and O–H groups in total. The Labute approximate surface area is 154 Å². The van der Waals surface area contributed by atoms with E-state index in [4.69, 9.17) is 4.74 Å². The van der Waals surface area contributed by atoms with Gasteiger partial charge in [-0.25, -0.2) is 8.78 Å². The van der Waals surface area contributed by atoms with E-state index < -0.39 is 11.6 Å². The Balaban J connectivity index is 1.84. The van der Waals surface area contributed by atoms with E-state index in [1.807, 2.05) is 0 Å². The zero-order valence-electron chi connectivity index (χ0n) is 14.9. The molecule has 2 aromatic carbocycles. The number of aromatic amines is 1. The van der Waals surface area contributed by atoms with E-state index in [0.717, 1.165) is 52.5 Å². The summed E-state index contributed by atoms with van der Waals surface area (Å²) in [7, 11) is 0. The van der Waals surface area contributed by atoms with Crippen molar-refractivity contribution in [3.8, 4) is 5.69 Å². The number of benzene rings is 2. The third-order valence-electron chi connectivity index (χ3n) is 5.53. The van der Waals surface area contributed by atoms with Gasteiger partial charge in [-0.3, -0.25) is 5.10 Å². The van der Waals surface area contributed by atoms with E-state index in [1.165, 1.54) is 12.1 Å². The molecule has 1 saturated heterocycles. The Morgan fingerprint density at radius 3 is 2.85 bits per heavy atom. The van der Waals surface area contributed by atoms with Gasteiger partial charge in [0.2, 0.25) is 0 Å². The minimum Gasteiger partial charge on any atom is -0.381 e. The van der Waals surface area contributed by atoms with Crippen molar-refractivity contribution in [3.05, 3.63) is 59.4 Å². The first-order valence-electron chi connectivity index (χ1n) is 9.14. The molecule has 0 aliphatic carbocycles. The maximum Gasteiger partial charge on any atom is 0.160 e. The third-order valence-corrected chi connectivity index (χ3v) is 5.53. The fraction of sp³-hybridized carbons (Fsp3) is 0.286. The van der Waals surface area contributed by atoms with Crippen LogP contribution in [0.15, 0.2) is 36.5 Å². The van der Waals surface area contributed by atoms with E-state index in [-0.39, 0.29) is 5.92 Å². The summed E-state index contributed by atoms with van der Waals surface area (Å²) >= 11 is 0. The second-order valence-corrected chi connectivity index (χ2v) is 7.18. The van der Waals surface area contributed by atoms with Gasteiger partial charge in [-0.05, 0) is 49.6 Å². The molecule has 138 valence electrons. The lowest BCUT2D eigenvalue weighted by molar-refractivity contribution is 0.0788. The number of aromatic nitrogens is 3. The van der Waals surface area contributed by atoms with E-state index in [9.17, 15) is 8.78 Å². The molecule has 6 heteroatoms. The molecular weight excluding hydrogens is 348 g/mol. The Bertz CT molecular complexity index is 1160. The molecule has 1 unspecified atom stereocenters. The van der Waals surface area contributed by atoms with Gasteiger partial charge in [0.1, 0.15) is 0 Å². The SMILES string of the molecule is Cc1c(C2CCCOC2)n(-c2ccc(F)c(F)c2)c2cc3cn[nH]c3cc12. The van der Waals surface area contributed by atoms with Crippen LogP contribution in [0.2, 0.25) is 0 Å². The lowest BCUT2D eigenvalue weighted by atomic mass is 9.95. The van der Waals surface area contributed by atoms with Gasteiger partial charge < -0.3 is 9.30 Å². The molecule has 1 aliphatic rings. The van der Waals surface area contributed by atoms with Gasteiger partial charge in [0.15, 0.2) is 11.6 Å². The summed E-state index contributed by atoms with van der Waals surface area (Å²) in [4.78, 5) is 0. The van der Waals surface area contributed by atoms with E-state index in [0.29, 0.717) is 12.3 Å². The standard InChI is InChI=1S/C21H19F2N3O/c1-12-16-9-19-14(10-24-25-19)7-20(16)26(15-4-5-17(22)18(23)8-15)21(12)13-3-2-6-27-11-13/h4-5,7-10,13H,2-3,6,11H2,1H3,(H,24,25). The Morgan fingerprint density at radius 2 is 2.07 bits per heavy atom. The molecule has 2 aromatic heterocycles. The molecule has 0 amide bonds. The molecule has 1 fully saturated rings. The first kappa shape index (κ1) is 16.4. The zero-order valence-corrected chi connectivity index (χ0v) is 14.9. The number of ether oxygens (including phenoxy) is 1. The normalized spacial score (nSPS) is 17.8. The fourth-order valence-corrected chi connectivity index (χ4v) is 4.25. The van der Waals surface area contributed by atoms with Crippen LogP contribution in [0.25, 0.3) is 27.5 Å². The molecule has 4 aromatic rings. The van der Waals surface area contributed by atoms with Crippen LogP contribution in [0.3, 0.4) is 0 Å². The number of H-pyrrole nitrogens is 1. The quantitative estimate of drug-likeness (QED) is 0.542. The summed E-state index contributed by atoms with van der Waals surface area (Å²) in [6.07, 6.45) is 3.78. The highest BCUT2D eigenvalue weighted by molar-refractivity contribution is 5.98. The van der Waals surface area contributed by atoms with Gasteiger partial charge >= 0.3 is 0 Å². The number of nitrogens with one attached hydrogen (secondary N) is 1. The smallest absolute Gasteiger partial charge is 0.160 e. The monoisotopic (exact) mass is 367 g/mol. The van der Waals surface area contributed by atoms with Gasteiger partial charge in [0.25, 0.3) is 0 Å². The number of hydrogen-bond acceptors (Lipinski definition) is 2. The first-order valence-corrected chi connectivity index (χ1v) is 9.14. The molecule has 1 aliphatic heterocycles. The van der Waals surface area contributed by atoms with Crippen LogP contribution in [0.5, 0.6) is 0 Å². The molecule has 1 atom stereocenters. The minimum atomic E-state index is -0.845. The number of halogens is 2. The van der Waals surface area contributed by atoms with Crippen LogP contribution in [0.1, 0.15) is 30.0 Å². The summed E-state index contributed by atoms with van der Waals surface area (Å²) in [5.41, 5.74) is 4.79. The molecule has 0 saturated carbocycles. The number of fused-ring (bicyclic) bond motifs is 2. The summed E-state index contributed by atoms with van der Waals surface area (Å²) in [6.45, 7) is 3.50. The Morgan fingerprint density at radius 1 is 1.19 bits per heavy atom. The molecule has 4 nitrogen and oxygen atoms in total. The average molecular weight is 367 g/mol. The summed E-state index contributed by atoms with van der Waals surface area (Å²) in [6, 6.07) is 8.21. The van der Waals surface area contributed by atoms with Crippen molar-refractivity contribution in [2.75, 3.05) is 13.2 Å². The van der Waals surface area contributed by atoms with Crippen LogP contribution < -0.4 is 0 Å². The number of nitrogens with zero attached hydrogens (tertiary/aromatic N) is 2. The highest BCUT2D eigenvalue weighted by Gasteiger charge is 2.26. The second-order valence-electron chi connectivity index (χ2n) is 7.18. The number of aryl methyl sites for hydroxylation is 1. The van der Waals surface area contributed by atoms with Crippen LogP contribution in [0.4, 0.5) is 8.78 Å². The van der Waals surface area contributed by atoms with Gasteiger partial charge in [-0.2, -0.15) is 5.10 Å². The Kier molecular flexibility index (Phi) is 3.75. The van der Waals surface area contributed by atoms with Crippen molar-refractivity contribution in [1.82, 2.24) is 14.8 Å². The van der Waals surface area contributed by atoms with Crippen molar-refractivity contribution >= 4 is 21.8 Å². The largest absolute Gasteiger partial charge is 0.381 e. The van der Waals surface area contributed by atoms with Crippen LogP contribution >= 0.6 is 0 Å². The Hall–Kier alpha value is -2.73. The molecule has 0 radical (unpaired) electrons. The highest BCUT2D eigenvalue weighted by Crippen LogP contribution is 2.38. The molecule has 0 spiro atoms. The first-order chi connectivity index (χ1) is 13.1. The van der Waals surface area contributed by atoms with Gasteiger partial charge in [-0.15, -0.1) is 0 Å². The van der Waals surface area contributed by atoms with Gasteiger partial charge in [0, 0.05) is 40.7 Å². The van der Waals surface area contributed by atoms with E-state index >= 15 is 0 Å². The van der Waals surface area contributed by atoms with Crippen molar-refractivity contribution in [1.29, 1.82) is 0 Å². The minimum absolute atomic E-state index is 0.218. The maximum atomic E-state index is 14.0. The van der Waals surface area contributed by atoms with E-state index in [2.05, 4.69) is 33.8 Å². The van der Waals surface area contributed by atoms with E-state index in [1.54, 1.807) is 12.3 Å². The molecular formula is C21H19F2N3O. The molecule has 27 heavy (non-hydrogen) atoms. The van der Waals surface area contributed by atoms with Crippen molar-refractivity contribution in [2.45, 2.75) is 25.7 Å². The maximum absolute atomic E-state index is 14.0. The van der Waals surface area contributed by atoms with Gasteiger partial charge in [-0.1, -0.05) is 0 Å². The lowest BCUT2D eigenvalue weighted by Crippen LogP contribution is -2.19. The zero-order chi connectivity index (χ0) is 18.5. The third kappa shape index (κ3) is 2.55. The molecule has 3 heterocycles. The van der Waals surface area contributed by atoms with Gasteiger partial charge in [0.05, 0.1) is 23.8 Å². The van der Waals surface area contributed by atoms with Crippen molar-refractivity contribution in [2.24, 2.45) is 0 Å². The predicted octanol–water partition coefficient (Wildman–Crippen LogP) is 4.99. The summed E-state index contributed by atoms with van der Waals surface area (Å²) in [5, 5.41) is 9.18. The predicted molar refractivity (Wildman–Crippen MR) is 100 cm³/mol. The second kappa shape index (κ2) is 6.16. The fourth-order valence-electron chi connectivity index (χ4n) is 4.25. The van der Waals surface area contributed by atoms with Crippen molar-refractivity contribution < 1.29 is 13.5 Å². The summed E-state index contributed by atoms with van der Waals surface area (Å²) < 4.78 is 35.3. The molecule has 5 rings (SSSR count). The lowest BCUT2D eigenvalue weighted by Gasteiger charge is -2.25. The summed E-state index contributed by atoms with van der Waals surface area (Å²) in [5.74, 6) is -1.47. The molecule has 0 bridgehead atoms. The average Bonchev–Trinajstić information content (AvgIpc) is 3.25. The number of hydrogen-bond donors (Lipinski definition) is 1. The highest BCUT2D eigenvalue weighted by atomic mass is 19.2. The van der Waals surface area contributed by atoms with Crippen LogP contribution in [-0.4, -0.2) is 28.0 Å².